The number of rotatable bonds is 6. The van der Waals surface area contributed by atoms with Crippen LogP contribution in [0.2, 0.25) is 0 Å². The molecule has 28 heavy (non-hydrogen) atoms. The smallest absolute Gasteiger partial charge is 0.413 e. The van der Waals surface area contributed by atoms with E-state index in [0.29, 0.717) is 0 Å². The molecule has 11 heteroatoms. The maximum atomic E-state index is 11.8. The van der Waals surface area contributed by atoms with Crippen LogP contribution < -0.4 is 11.1 Å². The predicted octanol–water partition coefficient (Wildman–Crippen LogP) is 2.55. The zero-order valence-electron chi connectivity index (χ0n) is 16.6. The number of anilines is 1. The van der Waals surface area contributed by atoms with Gasteiger partial charge in [-0.1, -0.05) is 5.16 Å². The van der Waals surface area contributed by atoms with Gasteiger partial charge in [0.2, 0.25) is 5.76 Å². The quantitative estimate of drug-likeness (QED) is 0.240. The van der Waals surface area contributed by atoms with Crippen molar-refractivity contribution in [3.63, 3.8) is 0 Å². The molecule has 1 aromatic rings. The summed E-state index contributed by atoms with van der Waals surface area (Å²) in [4.78, 5) is 44.1. The van der Waals surface area contributed by atoms with E-state index in [0.717, 1.165) is 11.3 Å². The lowest BCUT2D eigenvalue weighted by Crippen LogP contribution is -2.27. The number of hydrogen-bond acceptors (Lipinski definition) is 9. The second kappa shape index (κ2) is 8.83. The molecule has 154 valence electrons. The third-order valence-corrected chi connectivity index (χ3v) is 3.22. The minimum Gasteiger partial charge on any atom is -0.454 e. The van der Waals surface area contributed by atoms with Gasteiger partial charge in [-0.15, -0.1) is 11.3 Å². The summed E-state index contributed by atoms with van der Waals surface area (Å²) in [6, 6.07) is 0. The van der Waals surface area contributed by atoms with Gasteiger partial charge in [-0.25, -0.2) is 14.6 Å². The van der Waals surface area contributed by atoms with Crippen LogP contribution in [0.1, 0.15) is 47.2 Å². The summed E-state index contributed by atoms with van der Waals surface area (Å²) in [6.07, 6.45) is -0.708. The van der Waals surface area contributed by atoms with Crippen molar-refractivity contribution in [1.29, 1.82) is 0 Å². The average Bonchev–Trinajstić information content (AvgIpc) is 2.90. The van der Waals surface area contributed by atoms with Crippen molar-refractivity contribution < 1.29 is 28.7 Å². The first-order valence-corrected chi connectivity index (χ1v) is 8.99. The minimum absolute atomic E-state index is 0.0422. The Kier molecular flexibility index (Phi) is 7.28. The van der Waals surface area contributed by atoms with E-state index in [1.165, 1.54) is 5.38 Å². The molecule has 0 aliphatic rings. The van der Waals surface area contributed by atoms with Gasteiger partial charge in [0.25, 0.3) is 5.91 Å². The van der Waals surface area contributed by atoms with E-state index in [1.54, 1.807) is 41.5 Å². The van der Waals surface area contributed by atoms with Gasteiger partial charge in [-0.2, -0.15) is 0 Å². The van der Waals surface area contributed by atoms with Gasteiger partial charge in [0.05, 0.1) is 0 Å². The van der Waals surface area contributed by atoms with Crippen LogP contribution in [0.5, 0.6) is 0 Å². The normalized spacial score (nSPS) is 12.1. The van der Waals surface area contributed by atoms with Crippen LogP contribution in [0, 0.1) is 0 Å². The number of ether oxygens (including phenoxy) is 2. The van der Waals surface area contributed by atoms with E-state index in [4.69, 9.17) is 20.0 Å². The summed E-state index contributed by atoms with van der Waals surface area (Å²) in [5.41, 5.74) is 3.53. The molecular formula is C17H24N4O6S. The number of primary amides is 1. The largest absolute Gasteiger partial charge is 0.454 e. The summed E-state index contributed by atoms with van der Waals surface area (Å²) < 4.78 is 10.2. The third kappa shape index (κ3) is 8.16. The van der Waals surface area contributed by atoms with Crippen LogP contribution in [0.4, 0.5) is 9.93 Å². The lowest BCUT2D eigenvalue weighted by Gasteiger charge is -2.19. The molecule has 0 fully saturated rings. The van der Waals surface area contributed by atoms with Crippen molar-refractivity contribution in [2.45, 2.75) is 52.7 Å². The molecule has 0 aliphatic carbocycles. The third-order valence-electron chi connectivity index (χ3n) is 2.46. The van der Waals surface area contributed by atoms with Gasteiger partial charge >= 0.3 is 12.1 Å². The topological polar surface area (TPSA) is 142 Å². The number of amides is 2. The first-order chi connectivity index (χ1) is 12.7. The Labute approximate surface area is 166 Å². The van der Waals surface area contributed by atoms with Crippen molar-refractivity contribution in [2.75, 3.05) is 5.32 Å². The van der Waals surface area contributed by atoms with Crippen LogP contribution in [0.3, 0.4) is 0 Å². The Morgan fingerprint density at radius 2 is 1.71 bits per heavy atom. The summed E-state index contributed by atoms with van der Waals surface area (Å²) in [5.74, 6) is -2.23. The molecule has 1 heterocycles. The van der Waals surface area contributed by atoms with Gasteiger partial charge < -0.3 is 20.0 Å². The van der Waals surface area contributed by atoms with Crippen molar-refractivity contribution in [3.05, 3.63) is 23.4 Å². The molecule has 3 N–H and O–H groups in total. The van der Waals surface area contributed by atoms with Crippen molar-refractivity contribution in [2.24, 2.45) is 10.9 Å². The fraction of sp³-hybridized carbons (Fsp3) is 0.471. The highest BCUT2D eigenvalue weighted by molar-refractivity contribution is 7.14. The number of nitrogens with two attached hydrogens (primary N) is 1. The Hall–Kier alpha value is -2.95. The van der Waals surface area contributed by atoms with Crippen LogP contribution >= 0.6 is 11.3 Å². The second-order valence-corrected chi connectivity index (χ2v) is 8.34. The Balaban J connectivity index is 2.87. The molecule has 0 radical (unpaired) electrons. The van der Waals surface area contributed by atoms with E-state index in [-0.39, 0.29) is 16.5 Å². The molecule has 0 atom stereocenters. The Bertz CT molecular complexity index is 801. The Morgan fingerprint density at radius 1 is 1.14 bits per heavy atom. The summed E-state index contributed by atoms with van der Waals surface area (Å²) in [5, 5.41) is 7.55. The number of hydrogen-bond donors (Lipinski definition) is 2. The minimum atomic E-state index is -0.953. The zero-order chi connectivity index (χ0) is 21.7. The lowest BCUT2D eigenvalue weighted by atomic mass is 10.2. The number of thiazole rings is 1. The highest BCUT2D eigenvalue weighted by Crippen LogP contribution is 2.18. The van der Waals surface area contributed by atoms with E-state index < -0.39 is 34.9 Å². The van der Waals surface area contributed by atoms with Gasteiger partial charge in [0.1, 0.15) is 16.9 Å². The summed E-state index contributed by atoms with van der Waals surface area (Å²) in [6.45, 7) is 13.6. The van der Waals surface area contributed by atoms with Crippen LogP contribution in [-0.2, 0) is 23.9 Å². The zero-order valence-corrected chi connectivity index (χ0v) is 17.4. The number of carbonyl (C=O) groups is 3. The van der Waals surface area contributed by atoms with Crippen LogP contribution in [0.25, 0.3) is 0 Å². The first kappa shape index (κ1) is 23.1. The van der Waals surface area contributed by atoms with Crippen molar-refractivity contribution in [3.8, 4) is 0 Å². The first-order valence-electron chi connectivity index (χ1n) is 8.11. The van der Waals surface area contributed by atoms with Crippen LogP contribution in [0.15, 0.2) is 22.9 Å². The molecule has 0 aliphatic heterocycles. The molecule has 0 unspecified atom stereocenters. The number of nitrogens with one attached hydrogen (secondary N) is 1. The van der Waals surface area contributed by atoms with Gasteiger partial charge in [0, 0.05) is 5.38 Å². The van der Waals surface area contributed by atoms with Gasteiger partial charge in [-0.3, -0.25) is 10.1 Å². The summed E-state index contributed by atoms with van der Waals surface area (Å²) >= 11 is 1.02. The number of oxime groups is 1. The average molecular weight is 412 g/mol. The molecule has 0 spiro atoms. The molecule has 0 saturated carbocycles. The molecule has 2 amide bonds. The standard InChI is InChI=1S/C17H24N4O6S/c1-9(13(23)25-16(2,3)4)27-21-11(12(18)22)10-8-28-14(19-10)20-15(24)26-17(5,6)7/h8H,1H2,2-7H3,(H2,18,22)(H,19,20,24). The number of carbonyl (C=O) groups excluding carboxylic acids is 3. The molecule has 1 rings (SSSR count). The number of esters is 1. The van der Waals surface area contributed by atoms with Crippen LogP contribution in [-0.4, -0.2) is 39.9 Å². The van der Waals surface area contributed by atoms with E-state index in [1.807, 2.05) is 0 Å². The predicted molar refractivity (Wildman–Crippen MR) is 104 cm³/mol. The van der Waals surface area contributed by atoms with Gasteiger partial charge in [-0.05, 0) is 48.1 Å². The molecule has 10 nitrogen and oxygen atoms in total. The van der Waals surface area contributed by atoms with E-state index >= 15 is 0 Å². The molecule has 0 aromatic carbocycles. The number of nitrogens with zero attached hydrogens (tertiary/aromatic N) is 2. The number of aromatic nitrogens is 1. The second-order valence-electron chi connectivity index (χ2n) is 7.49. The van der Waals surface area contributed by atoms with Gasteiger partial charge in [0.15, 0.2) is 10.8 Å². The highest BCUT2D eigenvalue weighted by atomic mass is 32.1. The molecule has 0 saturated heterocycles. The fourth-order valence-electron chi connectivity index (χ4n) is 1.52. The summed E-state index contributed by atoms with van der Waals surface area (Å²) in [7, 11) is 0. The Morgan fingerprint density at radius 3 is 2.21 bits per heavy atom. The SMILES string of the molecule is C=C(ON=C(C(N)=O)c1csc(NC(=O)OC(C)(C)C)n1)C(=O)OC(C)(C)C. The monoisotopic (exact) mass is 412 g/mol. The highest BCUT2D eigenvalue weighted by Gasteiger charge is 2.22. The van der Waals surface area contributed by atoms with Crippen molar-refractivity contribution in [1.82, 2.24) is 4.98 Å². The van der Waals surface area contributed by atoms with E-state index in [2.05, 4.69) is 22.0 Å². The van der Waals surface area contributed by atoms with Crippen molar-refractivity contribution >= 4 is 40.1 Å². The molecular weight excluding hydrogens is 388 g/mol. The maximum Gasteiger partial charge on any atom is 0.413 e. The molecule has 1 aromatic heterocycles. The maximum absolute atomic E-state index is 11.8. The fourth-order valence-corrected chi connectivity index (χ4v) is 2.20. The lowest BCUT2D eigenvalue weighted by molar-refractivity contribution is -0.154. The van der Waals surface area contributed by atoms with E-state index in [9.17, 15) is 14.4 Å². The molecule has 0 bridgehead atoms.